The van der Waals surface area contributed by atoms with Crippen molar-refractivity contribution in [1.82, 2.24) is 14.7 Å². The van der Waals surface area contributed by atoms with Crippen molar-refractivity contribution in [2.75, 3.05) is 39.2 Å². The van der Waals surface area contributed by atoms with E-state index in [4.69, 9.17) is 9.47 Å². The van der Waals surface area contributed by atoms with Crippen LogP contribution in [0.25, 0.3) is 10.9 Å². The van der Waals surface area contributed by atoms with E-state index in [-0.39, 0.29) is 5.82 Å². The number of nitrogens with zero attached hydrogens (tertiary/aromatic N) is 3. The topological polar surface area (TPSA) is 68.6 Å². The van der Waals surface area contributed by atoms with Crippen LogP contribution < -0.4 is 10.1 Å². The molecule has 0 aliphatic rings. The maximum Gasteiger partial charge on any atom is 0.411 e. The van der Waals surface area contributed by atoms with Crippen molar-refractivity contribution in [3.05, 3.63) is 53.8 Å². The SMILES string of the molecule is CCOC(=O)Nc1ccc2c(c1)c(OCCCN(C)C)nn2Cc1ccc(F)cc1. The summed E-state index contributed by atoms with van der Waals surface area (Å²) in [6.45, 7) is 3.95. The first-order valence-corrected chi connectivity index (χ1v) is 9.92. The van der Waals surface area contributed by atoms with Gasteiger partial charge in [0.15, 0.2) is 0 Å². The zero-order chi connectivity index (χ0) is 21.5. The number of aromatic nitrogens is 2. The standard InChI is InChI=1S/C22H27FN4O3/c1-4-29-22(28)24-18-10-11-20-19(14-18)21(30-13-5-12-26(2)3)25-27(20)15-16-6-8-17(23)9-7-16/h6-11,14H,4-5,12-13,15H2,1-3H3,(H,24,28). The molecule has 160 valence electrons. The highest BCUT2D eigenvalue weighted by Gasteiger charge is 2.14. The lowest BCUT2D eigenvalue weighted by Gasteiger charge is -2.09. The molecule has 1 heterocycles. The van der Waals surface area contributed by atoms with Crippen molar-refractivity contribution >= 4 is 22.7 Å². The Labute approximate surface area is 175 Å². The summed E-state index contributed by atoms with van der Waals surface area (Å²) < 4.78 is 25.9. The second kappa shape index (κ2) is 10.1. The van der Waals surface area contributed by atoms with Crippen LogP contribution in [0.2, 0.25) is 0 Å². The van der Waals surface area contributed by atoms with Gasteiger partial charge in [-0.1, -0.05) is 12.1 Å². The number of halogens is 1. The van der Waals surface area contributed by atoms with Crippen molar-refractivity contribution < 1.29 is 18.7 Å². The van der Waals surface area contributed by atoms with Crippen molar-refractivity contribution in [1.29, 1.82) is 0 Å². The predicted molar refractivity (Wildman–Crippen MR) is 115 cm³/mol. The van der Waals surface area contributed by atoms with Crippen LogP contribution in [-0.4, -0.2) is 54.6 Å². The van der Waals surface area contributed by atoms with Crippen LogP contribution in [0, 0.1) is 5.82 Å². The highest BCUT2D eigenvalue weighted by atomic mass is 19.1. The molecule has 3 aromatic rings. The Balaban J connectivity index is 1.87. The molecule has 7 nitrogen and oxygen atoms in total. The summed E-state index contributed by atoms with van der Waals surface area (Å²) >= 11 is 0. The molecular weight excluding hydrogens is 387 g/mol. The molecule has 0 unspecified atom stereocenters. The number of hydrogen-bond donors (Lipinski definition) is 1. The minimum absolute atomic E-state index is 0.274. The number of anilines is 1. The first-order valence-electron chi connectivity index (χ1n) is 9.92. The largest absolute Gasteiger partial charge is 0.476 e. The smallest absolute Gasteiger partial charge is 0.411 e. The third kappa shape index (κ3) is 5.70. The van der Waals surface area contributed by atoms with Gasteiger partial charge in [0.05, 0.1) is 30.7 Å². The molecule has 0 aliphatic heterocycles. The first kappa shape index (κ1) is 21.6. The molecule has 0 atom stereocenters. The van der Waals surface area contributed by atoms with Gasteiger partial charge in [-0.15, -0.1) is 5.10 Å². The summed E-state index contributed by atoms with van der Waals surface area (Å²) in [5, 5.41) is 8.12. The molecule has 0 aliphatic carbocycles. The average Bonchev–Trinajstić information content (AvgIpc) is 3.04. The summed E-state index contributed by atoms with van der Waals surface area (Å²) in [7, 11) is 4.03. The fourth-order valence-electron chi connectivity index (χ4n) is 3.05. The van der Waals surface area contributed by atoms with Gasteiger partial charge in [-0.25, -0.2) is 9.18 Å². The number of carbonyl (C=O) groups is 1. The average molecular weight is 414 g/mol. The van der Waals surface area contributed by atoms with Gasteiger partial charge in [0.25, 0.3) is 0 Å². The molecule has 0 saturated carbocycles. The fraction of sp³-hybridized carbons (Fsp3) is 0.364. The molecule has 1 aromatic heterocycles. The zero-order valence-corrected chi connectivity index (χ0v) is 17.5. The van der Waals surface area contributed by atoms with E-state index in [2.05, 4.69) is 15.3 Å². The van der Waals surface area contributed by atoms with E-state index >= 15 is 0 Å². The van der Waals surface area contributed by atoms with E-state index in [9.17, 15) is 9.18 Å². The van der Waals surface area contributed by atoms with Gasteiger partial charge in [-0.3, -0.25) is 10.00 Å². The summed E-state index contributed by atoms with van der Waals surface area (Å²) in [5.74, 6) is 0.224. The molecular formula is C22H27FN4O3. The number of amides is 1. The van der Waals surface area contributed by atoms with E-state index in [0.29, 0.717) is 31.3 Å². The van der Waals surface area contributed by atoms with E-state index < -0.39 is 6.09 Å². The second-order valence-corrected chi connectivity index (χ2v) is 7.17. The minimum atomic E-state index is -0.510. The van der Waals surface area contributed by atoms with Gasteiger partial charge in [-0.2, -0.15) is 0 Å². The summed E-state index contributed by atoms with van der Waals surface area (Å²) in [6, 6.07) is 11.8. The number of ether oxygens (including phenoxy) is 2. The van der Waals surface area contributed by atoms with E-state index in [1.165, 1.54) is 12.1 Å². The molecule has 0 bridgehead atoms. The molecule has 8 heteroatoms. The van der Waals surface area contributed by atoms with E-state index in [0.717, 1.165) is 29.4 Å². The van der Waals surface area contributed by atoms with Gasteiger partial charge >= 0.3 is 6.09 Å². The third-order valence-electron chi connectivity index (χ3n) is 4.47. The Bertz CT molecular complexity index is 986. The van der Waals surface area contributed by atoms with Crippen molar-refractivity contribution in [2.24, 2.45) is 0 Å². The fourth-order valence-corrected chi connectivity index (χ4v) is 3.05. The highest BCUT2D eigenvalue weighted by molar-refractivity contribution is 5.92. The summed E-state index contributed by atoms with van der Waals surface area (Å²) in [5.41, 5.74) is 2.38. The van der Waals surface area contributed by atoms with Crippen molar-refractivity contribution in [3.63, 3.8) is 0 Å². The normalized spacial score (nSPS) is 11.1. The van der Waals surface area contributed by atoms with Gasteiger partial charge in [-0.05, 0) is 63.3 Å². The molecule has 0 saturated heterocycles. The Morgan fingerprint density at radius 1 is 1.20 bits per heavy atom. The summed E-state index contributed by atoms with van der Waals surface area (Å²) in [4.78, 5) is 13.9. The van der Waals surface area contributed by atoms with Crippen LogP contribution in [0.1, 0.15) is 18.9 Å². The zero-order valence-electron chi connectivity index (χ0n) is 17.5. The first-order chi connectivity index (χ1) is 14.5. The molecule has 0 fully saturated rings. The lowest BCUT2D eigenvalue weighted by Crippen LogP contribution is -2.15. The van der Waals surface area contributed by atoms with Crippen LogP contribution in [0.15, 0.2) is 42.5 Å². The third-order valence-corrected chi connectivity index (χ3v) is 4.47. The van der Waals surface area contributed by atoms with Crippen LogP contribution >= 0.6 is 0 Å². The van der Waals surface area contributed by atoms with Crippen molar-refractivity contribution in [2.45, 2.75) is 19.9 Å². The van der Waals surface area contributed by atoms with E-state index in [1.807, 2.05) is 30.9 Å². The van der Waals surface area contributed by atoms with Crippen molar-refractivity contribution in [3.8, 4) is 5.88 Å². The maximum atomic E-state index is 13.2. The Hall–Kier alpha value is -3.13. The highest BCUT2D eigenvalue weighted by Crippen LogP contribution is 2.29. The van der Waals surface area contributed by atoms with Gasteiger partial charge < -0.3 is 14.4 Å². The Kier molecular flexibility index (Phi) is 7.24. The molecule has 3 rings (SSSR count). The molecule has 1 amide bonds. The molecule has 0 radical (unpaired) electrons. The van der Waals surface area contributed by atoms with Crippen LogP contribution in [0.3, 0.4) is 0 Å². The predicted octanol–water partition coefficient (Wildman–Crippen LogP) is 4.12. The van der Waals surface area contributed by atoms with Gasteiger partial charge in [0.1, 0.15) is 5.82 Å². The number of carbonyl (C=O) groups excluding carboxylic acids is 1. The van der Waals surface area contributed by atoms with Gasteiger partial charge in [0, 0.05) is 12.2 Å². The Morgan fingerprint density at radius 2 is 1.97 bits per heavy atom. The quantitative estimate of drug-likeness (QED) is 0.534. The monoisotopic (exact) mass is 414 g/mol. The molecule has 30 heavy (non-hydrogen) atoms. The number of rotatable bonds is 9. The van der Waals surface area contributed by atoms with Crippen LogP contribution in [0.5, 0.6) is 5.88 Å². The lowest BCUT2D eigenvalue weighted by molar-refractivity contribution is 0.168. The van der Waals surface area contributed by atoms with Crippen LogP contribution in [0.4, 0.5) is 14.9 Å². The van der Waals surface area contributed by atoms with Gasteiger partial charge in [0.2, 0.25) is 5.88 Å². The number of nitrogens with one attached hydrogen (secondary N) is 1. The number of hydrogen-bond acceptors (Lipinski definition) is 5. The summed E-state index contributed by atoms with van der Waals surface area (Å²) in [6.07, 6.45) is 0.351. The second-order valence-electron chi connectivity index (χ2n) is 7.17. The van der Waals surface area contributed by atoms with Crippen LogP contribution in [-0.2, 0) is 11.3 Å². The maximum absolute atomic E-state index is 13.2. The minimum Gasteiger partial charge on any atom is -0.476 e. The van der Waals surface area contributed by atoms with E-state index in [1.54, 1.807) is 25.1 Å². The number of benzene rings is 2. The Morgan fingerprint density at radius 3 is 2.67 bits per heavy atom. The molecule has 1 N–H and O–H groups in total. The molecule has 0 spiro atoms. The molecule has 2 aromatic carbocycles. The number of fused-ring (bicyclic) bond motifs is 1. The lowest BCUT2D eigenvalue weighted by atomic mass is 10.2.